The van der Waals surface area contributed by atoms with Gasteiger partial charge in [0.25, 0.3) is 0 Å². The molecule has 0 unspecified atom stereocenters. The van der Waals surface area contributed by atoms with Crippen LogP contribution in [0.5, 0.6) is 0 Å². The Hall–Kier alpha value is -1.61. The van der Waals surface area contributed by atoms with Gasteiger partial charge in [0.2, 0.25) is 0 Å². The number of nitrogens with zero attached hydrogens (tertiary/aromatic N) is 4. The monoisotopic (exact) mass is 1910 g/mol. The summed E-state index contributed by atoms with van der Waals surface area (Å²) >= 11 is 0. The smallest absolute Gasteiger partial charge is 0.0248 e. The second-order valence-corrected chi connectivity index (χ2v) is 20.2. The van der Waals surface area contributed by atoms with Crippen molar-refractivity contribution < 1.29 is 271 Å². The Labute approximate surface area is 799 Å². The van der Waals surface area contributed by atoms with Gasteiger partial charge in [-0.1, -0.05) is 64.9 Å². The van der Waals surface area contributed by atoms with Crippen LogP contribution in [0.15, 0.2) is 180 Å². The molecule has 0 atom stereocenters. The number of aromatic nitrogens is 6. The number of nitrogens with one attached hydrogen (secondary N) is 2. The minimum atomic E-state index is 0. The van der Waals surface area contributed by atoms with E-state index in [0.29, 0.717) is 0 Å². The molecule has 8 nitrogen and oxygen atoms in total. The molecule has 0 aliphatic rings. The maximum absolute atomic E-state index is 5.03. The number of furan rings is 2. The molecule has 0 aliphatic carbocycles. The van der Waals surface area contributed by atoms with Gasteiger partial charge in [-0.3, -0.25) is 43.9 Å². The van der Waals surface area contributed by atoms with E-state index in [1.54, 1.807) is 37.2 Å². The Balaban J connectivity index is -0.000000525. The van der Waals surface area contributed by atoms with Crippen molar-refractivity contribution in [2.24, 2.45) is 0 Å². The van der Waals surface area contributed by atoms with E-state index in [1.165, 1.54) is 10.8 Å². The standard InChI is InChI=1S/4C13H11N.2C8H9N.2C8H8O.8Y/c1-3-10(2)11-4-5-13-9-14-7-6-12(13)8-11;1-3-10(2)12-5-4-11-6-7-14-9-13(11)8-12;1-3-10(2)11-6-7-13-12(9-11)5-4-8-14-13;1-3-10(2)12-8-11-6-4-5-7-13(11)14-9-12;1-3-7(2)8-4-5-9-6-8;1-3-7(2)8-5-4-6-9-8;1-3-7(2)8-4-5-9-6-8;1-3-7(2)8-5-4-6-9-8;;;;;;;;/h5-9H,1-2H3;4,6-9H,1-2H3;4-5,7-9H,1-2H3;4-8H,1-2H3;4-5,9H,1-2H3;4,6,9H,1-2H3;4-5H,1-2H3;4,6H,1-2H3;;;;;;;;/q8*-2;;;;;;;;. The van der Waals surface area contributed by atoms with Gasteiger partial charge in [0.15, 0.2) is 0 Å². The van der Waals surface area contributed by atoms with E-state index >= 15 is 0 Å². The second kappa shape index (κ2) is 60.4. The molecule has 0 aliphatic heterocycles. The zero-order chi connectivity index (χ0) is 66.6. The molecule has 8 heterocycles. The fourth-order valence-electron chi connectivity index (χ4n) is 7.86. The first-order valence-electron chi connectivity index (χ1n) is 29.8. The maximum atomic E-state index is 5.03. The Kier molecular flexibility index (Phi) is 63.3. The summed E-state index contributed by atoms with van der Waals surface area (Å²) in [6, 6.07) is 53.4. The van der Waals surface area contributed by atoms with Crippen molar-refractivity contribution in [2.75, 3.05) is 0 Å². The molecule has 0 amide bonds. The number of aromatic amines is 2. The Bertz CT molecular complexity index is 3850. The molecule has 4 aromatic carbocycles. The summed E-state index contributed by atoms with van der Waals surface area (Å²) in [7, 11) is 0. The van der Waals surface area contributed by atoms with E-state index in [-0.39, 0.29) is 262 Å². The third-order valence-electron chi connectivity index (χ3n) is 14.4. The summed E-state index contributed by atoms with van der Waals surface area (Å²) in [5, 5.41) is 6.94. The van der Waals surface area contributed by atoms with Gasteiger partial charge in [-0.05, 0) is 35.8 Å². The van der Waals surface area contributed by atoms with Crippen LogP contribution in [0.2, 0.25) is 0 Å². The average molecular weight is 1910 g/mol. The van der Waals surface area contributed by atoms with Crippen molar-refractivity contribution in [1.29, 1.82) is 0 Å². The molecule has 0 bridgehead atoms. The van der Waals surface area contributed by atoms with E-state index in [1.807, 2.05) is 208 Å². The van der Waals surface area contributed by atoms with Gasteiger partial charge in [-0.2, -0.15) is 36.2 Å². The zero-order valence-electron chi connectivity index (χ0n) is 60.4. The third-order valence-corrected chi connectivity index (χ3v) is 14.4. The fourth-order valence-corrected chi connectivity index (χ4v) is 7.86. The van der Waals surface area contributed by atoms with Gasteiger partial charge in [0.05, 0.1) is 0 Å². The van der Waals surface area contributed by atoms with Crippen LogP contribution in [0.1, 0.15) is 156 Å². The molecule has 0 spiro atoms. The molecular weight excluding hydrogens is 1840 g/mol. The normalized spacial score (nSPS) is 11.0. The largest absolute Gasteiger partial charge is 0.632 e. The molecule has 0 saturated carbocycles. The number of hydrogen-bond donors (Lipinski definition) is 2. The van der Waals surface area contributed by atoms with Crippen LogP contribution in [0.4, 0.5) is 0 Å². The van der Waals surface area contributed by atoms with Crippen molar-refractivity contribution in [2.45, 2.75) is 111 Å². The summed E-state index contributed by atoms with van der Waals surface area (Å²) in [5.41, 5.74) is 18.2. The number of rotatable bonds is 8. The van der Waals surface area contributed by atoms with Crippen LogP contribution in [0.25, 0.3) is 87.9 Å². The number of pyridine rings is 4. The molecular formula is C84H78N6O2Y8-16. The van der Waals surface area contributed by atoms with Gasteiger partial charge in [-0.15, -0.1) is 152 Å². The quantitative estimate of drug-likeness (QED) is 0.147. The van der Waals surface area contributed by atoms with Gasteiger partial charge >= 0.3 is 0 Å². The van der Waals surface area contributed by atoms with E-state index in [4.69, 9.17) is 8.83 Å². The van der Waals surface area contributed by atoms with Crippen molar-refractivity contribution in [3.63, 3.8) is 0 Å². The number of fused-ring (bicyclic) bond motifs is 4. The molecule has 8 radical (unpaired) electrons. The molecule has 16 heteroatoms. The first kappa shape index (κ1) is 105. The van der Waals surface area contributed by atoms with Crippen LogP contribution in [0, 0.1) is 97.6 Å². The molecule has 496 valence electrons. The van der Waals surface area contributed by atoms with Crippen LogP contribution in [-0.2, 0) is 262 Å². The number of para-hydroxylation sites is 1. The average Bonchev–Trinajstić information content (AvgIpc) is 1.29. The molecule has 8 aromatic heterocycles. The first-order valence-corrected chi connectivity index (χ1v) is 29.8. The molecule has 12 aromatic rings. The summed E-state index contributed by atoms with van der Waals surface area (Å²) < 4.78 is 9.78. The maximum Gasteiger partial charge on any atom is 0.0248 e. The van der Waals surface area contributed by atoms with Crippen molar-refractivity contribution in [1.82, 2.24) is 29.9 Å². The zero-order valence-corrected chi connectivity index (χ0v) is 83.1. The molecule has 100 heavy (non-hydrogen) atoms. The SMILES string of the molecule is C[C-]=C(C)c1[c-][nH]cc1.C[C-]=C(C)c1[c-]cc2ccncc2c1.C[C-]=C(C)c1[c-]cc2cnccc2c1.C[C-]=C(C)c1[c-]cc2ncccc2c1.C[C-]=C(C)c1[c-]cc[nH]1.C[C-]=C(C)c1[c-]cco1.C[C-]=C(C)c1[c-]nc2ccccc2c1.C[C-]=C(C)c1[c-]occ1.[Y].[Y].[Y].[Y].[Y].[Y].[Y].[Y]. The van der Waals surface area contributed by atoms with Gasteiger partial charge in [-0.25, -0.2) is 66.4 Å². The predicted molar refractivity (Wildman–Crippen MR) is 381 cm³/mol. The number of benzene rings is 4. The van der Waals surface area contributed by atoms with Crippen LogP contribution in [-0.4, -0.2) is 29.9 Å². The molecule has 2 N–H and O–H groups in total. The van der Waals surface area contributed by atoms with E-state index in [9.17, 15) is 0 Å². The molecule has 12 rings (SSSR count). The van der Waals surface area contributed by atoms with E-state index < -0.39 is 0 Å². The first-order chi connectivity index (χ1) is 44.6. The predicted octanol–water partition coefficient (Wildman–Crippen LogP) is 21.7. The topological polar surface area (TPSA) is 109 Å². The Morgan fingerprint density at radius 1 is 0.390 bits per heavy atom. The Morgan fingerprint density at radius 2 is 0.880 bits per heavy atom. The van der Waals surface area contributed by atoms with Gasteiger partial charge in [0, 0.05) is 286 Å². The second-order valence-electron chi connectivity index (χ2n) is 20.2. The Morgan fingerprint density at radius 3 is 1.41 bits per heavy atom. The van der Waals surface area contributed by atoms with Crippen LogP contribution < -0.4 is 0 Å². The number of hydrogen-bond acceptors (Lipinski definition) is 6. The molecule has 0 saturated heterocycles. The third kappa shape index (κ3) is 36.8. The summed E-state index contributed by atoms with van der Waals surface area (Å²) in [5.74, 6) is 0.775. The van der Waals surface area contributed by atoms with Crippen molar-refractivity contribution in [3.8, 4) is 0 Å². The van der Waals surface area contributed by atoms with Gasteiger partial charge in [0.1, 0.15) is 0 Å². The number of H-pyrrole nitrogens is 2. The number of allylic oxidation sites excluding steroid dienone is 16. The fraction of sp³-hybridized carbons (Fsp3) is 0.190. The van der Waals surface area contributed by atoms with Gasteiger partial charge < -0.3 is 128 Å². The summed E-state index contributed by atoms with van der Waals surface area (Å²) in [6.45, 7) is 31.2. The van der Waals surface area contributed by atoms with E-state index in [0.717, 1.165) is 122 Å². The van der Waals surface area contributed by atoms with Crippen LogP contribution in [0.3, 0.4) is 0 Å². The summed E-state index contributed by atoms with van der Waals surface area (Å²) in [6.07, 6.45) is 49.2. The minimum Gasteiger partial charge on any atom is -0.632 e. The van der Waals surface area contributed by atoms with Crippen molar-refractivity contribution >= 4 is 87.9 Å². The summed E-state index contributed by atoms with van der Waals surface area (Å²) in [4.78, 5) is 22.6. The minimum absolute atomic E-state index is 0. The van der Waals surface area contributed by atoms with E-state index in [2.05, 4.69) is 164 Å². The van der Waals surface area contributed by atoms with Crippen LogP contribution >= 0.6 is 0 Å². The van der Waals surface area contributed by atoms with Crippen molar-refractivity contribution in [3.05, 3.63) is 314 Å². The molecule has 0 fully saturated rings.